The van der Waals surface area contributed by atoms with Crippen molar-refractivity contribution >= 4 is 11.8 Å². The summed E-state index contributed by atoms with van der Waals surface area (Å²) in [6, 6.07) is 8.15. The van der Waals surface area contributed by atoms with Gasteiger partial charge in [0.25, 0.3) is 0 Å². The highest BCUT2D eigenvalue weighted by Gasteiger charge is 2.33. The van der Waals surface area contributed by atoms with Gasteiger partial charge >= 0.3 is 0 Å². The molecule has 1 atom stereocenters. The number of piperidine rings is 1. The minimum Gasteiger partial charge on any atom is -0.497 e. The van der Waals surface area contributed by atoms with Crippen LogP contribution in [0, 0.1) is 11.8 Å². The molecule has 0 N–H and O–H groups in total. The molecule has 3 rings (SSSR count). The van der Waals surface area contributed by atoms with Crippen molar-refractivity contribution in [2.75, 3.05) is 27.2 Å². The van der Waals surface area contributed by atoms with Gasteiger partial charge in [0.05, 0.1) is 7.11 Å². The number of likely N-dealkylation sites (N-methyl/N-ethyl adjacent to an activating group) is 1. The summed E-state index contributed by atoms with van der Waals surface area (Å²) in [4.78, 5) is 33.3. The van der Waals surface area contributed by atoms with Crippen LogP contribution in [-0.2, 0) is 22.6 Å². The first-order chi connectivity index (χ1) is 15.4. The predicted molar refractivity (Wildman–Crippen MR) is 122 cm³/mol. The SMILES string of the molecule is COc1cccc(CC(C2CCN(C(=O)Cn3cncn3)CC2)N(C)C(=O)CC(C)C)c1. The molecule has 32 heavy (non-hydrogen) atoms. The lowest BCUT2D eigenvalue weighted by atomic mass is 9.84. The number of amides is 2. The monoisotopic (exact) mass is 441 g/mol. The van der Waals surface area contributed by atoms with Crippen LogP contribution in [0.25, 0.3) is 0 Å². The molecule has 1 unspecified atom stereocenters. The van der Waals surface area contributed by atoms with Gasteiger partial charge in [0.1, 0.15) is 24.9 Å². The number of ether oxygens (including phenoxy) is 1. The first-order valence-electron chi connectivity index (χ1n) is 11.4. The molecule has 8 heteroatoms. The molecule has 0 bridgehead atoms. The third-order valence-corrected chi connectivity index (χ3v) is 6.25. The van der Waals surface area contributed by atoms with E-state index in [2.05, 4.69) is 30.0 Å². The Morgan fingerprint density at radius 1 is 1.25 bits per heavy atom. The zero-order chi connectivity index (χ0) is 23.1. The van der Waals surface area contributed by atoms with Crippen molar-refractivity contribution in [3.63, 3.8) is 0 Å². The second kappa shape index (κ2) is 11.1. The molecule has 0 radical (unpaired) electrons. The Morgan fingerprint density at radius 3 is 2.62 bits per heavy atom. The molecular weight excluding hydrogens is 406 g/mol. The van der Waals surface area contributed by atoms with Crippen molar-refractivity contribution in [1.29, 1.82) is 0 Å². The van der Waals surface area contributed by atoms with E-state index in [0.717, 1.165) is 30.6 Å². The molecule has 0 saturated carbocycles. The molecule has 1 saturated heterocycles. The molecule has 1 aliphatic rings. The second-order valence-electron chi connectivity index (χ2n) is 9.04. The summed E-state index contributed by atoms with van der Waals surface area (Å²) in [6.45, 7) is 5.74. The standard InChI is InChI=1S/C24H35N5O3/c1-18(2)12-23(30)27(3)22(14-19-6-5-7-21(13-19)32-4)20-8-10-28(11-9-20)24(31)15-29-17-25-16-26-29/h5-7,13,16-18,20,22H,8-12,14-15H2,1-4H3. The highest BCUT2D eigenvalue weighted by Crippen LogP contribution is 2.28. The zero-order valence-corrected chi connectivity index (χ0v) is 19.6. The van der Waals surface area contributed by atoms with Crippen LogP contribution in [0.3, 0.4) is 0 Å². The van der Waals surface area contributed by atoms with E-state index in [-0.39, 0.29) is 24.4 Å². The number of carbonyl (C=O) groups is 2. The minimum absolute atomic E-state index is 0.0579. The predicted octanol–water partition coefficient (Wildman–Crippen LogP) is 2.64. The summed E-state index contributed by atoms with van der Waals surface area (Å²) < 4.78 is 6.94. The molecule has 2 heterocycles. The van der Waals surface area contributed by atoms with E-state index in [9.17, 15) is 9.59 Å². The summed E-state index contributed by atoms with van der Waals surface area (Å²) in [5, 5.41) is 4.02. The number of nitrogens with zero attached hydrogens (tertiary/aromatic N) is 5. The van der Waals surface area contributed by atoms with Crippen LogP contribution in [0.5, 0.6) is 5.75 Å². The molecule has 2 amide bonds. The number of carbonyl (C=O) groups excluding carboxylic acids is 2. The first-order valence-corrected chi connectivity index (χ1v) is 11.4. The van der Waals surface area contributed by atoms with Crippen LogP contribution in [0.2, 0.25) is 0 Å². The van der Waals surface area contributed by atoms with Gasteiger partial charge in [-0.25, -0.2) is 9.67 Å². The van der Waals surface area contributed by atoms with Crippen molar-refractivity contribution in [1.82, 2.24) is 24.6 Å². The fraction of sp³-hybridized carbons (Fsp3) is 0.583. The van der Waals surface area contributed by atoms with Crippen molar-refractivity contribution in [2.45, 2.75) is 52.1 Å². The molecule has 0 spiro atoms. The summed E-state index contributed by atoms with van der Waals surface area (Å²) in [5.74, 6) is 1.71. The number of hydrogen-bond donors (Lipinski definition) is 0. The van der Waals surface area contributed by atoms with E-state index < -0.39 is 0 Å². The number of likely N-dealkylation sites (tertiary alicyclic amines) is 1. The molecular formula is C24H35N5O3. The van der Waals surface area contributed by atoms with Crippen LogP contribution in [0.1, 0.15) is 38.7 Å². The fourth-order valence-electron chi connectivity index (χ4n) is 4.43. The number of benzene rings is 1. The van der Waals surface area contributed by atoms with E-state index in [0.29, 0.717) is 31.3 Å². The Morgan fingerprint density at radius 2 is 2.00 bits per heavy atom. The van der Waals surface area contributed by atoms with Crippen LogP contribution < -0.4 is 4.74 Å². The Kier molecular flexibility index (Phi) is 8.25. The summed E-state index contributed by atoms with van der Waals surface area (Å²) in [7, 11) is 3.60. The molecule has 1 aromatic carbocycles. The Labute approximate surface area is 190 Å². The maximum absolute atomic E-state index is 12.9. The molecule has 8 nitrogen and oxygen atoms in total. The molecule has 1 aliphatic heterocycles. The third-order valence-electron chi connectivity index (χ3n) is 6.25. The average molecular weight is 442 g/mol. The Balaban J connectivity index is 1.68. The van der Waals surface area contributed by atoms with Crippen molar-refractivity contribution < 1.29 is 14.3 Å². The Hall–Kier alpha value is -2.90. The fourth-order valence-corrected chi connectivity index (χ4v) is 4.43. The summed E-state index contributed by atoms with van der Waals surface area (Å²) in [6.07, 6.45) is 6.06. The van der Waals surface area contributed by atoms with Gasteiger partial charge in [-0.05, 0) is 48.8 Å². The maximum atomic E-state index is 12.9. The molecule has 2 aromatic rings. The quantitative estimate of drug-likeness (QED) is 0.598. The maximum Gasteiger partial charge on any atom is 0.244 e. The molecule has 1 fully saturated rings. The van der Waals surface area contributed by atoms with Gasteiger partial charge in [-0.2, -0.15) is 5.10 Å². The second-order valence-corrected chi connectivity index (χ2v) is 9.04. The molecule has 1 aromatic heterocycles. The average Bonchev–Trinajstić information content (AvgIpc) is 3.30. The van der Waals surface area contributed by atoms with Gasteiger partial charge in [-0.15, -0.1) is 0 Å². The van der Waals surface area contributed by atoms with E-state index in [1.807, 2.05) is 35.0 Å². The number of hydrogen-bond acceptors (Lipinski definition) is 5. The highest BCUT2D eigenvalue weighted by molar-refractivity contribution is 5.77. The topological polar surface area (TPSA) is 80.6 Å². The first kappa shape index (κ1) is 23.8. The van der Waals surface area contributed by atoms with Crippen LogP contribution in [0.15, 0.2) is 36.9 Å². The van der Waals surface area contributed by atoms with E-state index >= 15 is 0 Å². The van der Waals surface area contributed by atoms with Gasteiger partial charge in [0.15, 0.2) is 0 Å². The normalized spacial score (nSPS) is 15.6. The Bertz CT molecular complexity index is 876. The van der Waals surface area contributed by atoms with E-state index in [1.165, 1.54) is 6.33 Å². The van der Waals surface area contributed by atoms with E-state index in [1.54, 1.807) is 18.1 Å². The van der Waals surface area contributed by atoms with Gasteiger partial charge in [0, 0.05) is 32.6 Å². The number of methoxy groups -OCH3 is 1. The number of aromatic nitrogens is 3. The van der Waals surface area contributed by atoms with Crippen LogP contribution in [-0.4, -0.2) is 69.7 Å². The van der Waals surface area contributed by atoms with Crippen LogP contribution in [0.4, 0.5) is 0 Å². The lowest BCUT2D eigenvalue weighted by Crippen LogP contribution is -2.49. The third kappa shape index (κ3) is 6.31. The highest BCUT2D eigenvalue weighted by atomic mass is 16.5. The zero-order valence-electron chi connectivity index (χ0n) is 19.6. The van der Waals surface area contributed by atoms with Crippen LogP contribution >= 0.6 is 0 Å². The van der Waals surface area contributed by atoms with Crippen molar-refractivity contribution in [2.24, 2.45) is 11.8 Å². The van der Waals surface area contributed by atoms with Crippen molar-refractivity contribution in [3.8, 4) is 5.75 Å². The van der Waals surface area contributed by atoms with Gasteiger partial charge < -0.3 is 14.5 Å². The van der Waals surface area contributed by atoms with Gasteiger partial charge in [-0.1, -0.05) is 26.0 Å². The molecule has 0 aliphatic carbocycles. The van der Waals surface area contributed by atoms with Gasteiger partial charge in [0.2, 0.25) is 11.8 Å². The largest absolute Gasteiger partial charge is 0.497 e. The number of rotatable bonds is 9. The smallest absolute Gasteiger partial charge is 0.244 e. The summed E-state index contributed by atoms with van der Waals surface area (Å²) in [5.41, 5.74) is 1.16. The summed E-state index contributed by atoms with van der Waals surface area (Å²) >= 11 is 0. The lowest BCUT2D eigenvalue weighted by molar-refractivity contribution is -0.137. The minimum atomic E-state index is 0.0579. The van der Waals surface area contributed by atoms with Gasteiger partial charge in [-0.3, -0.25) is 9.59 Å². The van der Waals surface area contributed by atoms with Crippen molar-refractivity contribution in [3.05, 3.63) is 42.5 Å². The lowest BCUT2D eigenvalue weighted by Gasteiger charge is -2.40. The molecule has 174 valence electrons. The van der Waals surface area contributed by atoms with E-state index in [4.69, 9.17) is 4.74 Å².